The van der Waals surface area contributed by atoms with Gasteiger partial charge in [-0.2, -0.15) is 0 Å². The van der Waals surface area contributed by atoms with Crippen LogP contribution in [0.2, 0.25) is 0 Å². The Kier molecular flexibility index (Phi) is 8.00. The van der Waals surface area contributed by atoms with E-state index in [0.717, 1.165) is 11.1 Å². The van der Waals surface area contributed by atoms with Crippen molar-refractivity contribution in [2.45, 2.75) is 37.7 Å². The van der Waals surface area contributed by atoms with Gasteiger partial charge in [0.25, 0.3) is 0 Å². The van der Waals surface area contributed by atoms with Crippen molar-refractivity contribution in [3.8, 4) is 0 Å². The lowest BCUT2D eigenvalue weighted by molar-refractivity contribution is -0.141. The van der Waals surface area contributed by atoms with Crippen LogP contribution in [0.5, 0.6) is 0 Å². The molecule has 164 valence electrons. The number of esters is 1. The molecule has 1 saturated heterocycles. The van der Waals surface area contributed by atoms with E-state index in [1.165, 1.54) is 7.11 Å². The zero-order chi connectivity index (χ0) is 22.1. The van der Waals surface area contributed by atoms with Crippen molar-refractivity contribution in [2.75, 3.05) is 13.7 Å². The van der Waals surface area contributed by atoms with Crippen molar-refractivity contribution in [3.63, 3.8) is 0 Å². The Morgan fingerprint density at radius 3 is 2.26 bits per heavy atom. The lowest BCUT2D eigenvalue weighted by Gasteiger charge is -2.18. The van der Waals surface area contributed by atoms with Gasteiger partial charge in [-0.15, -0.1) is 0 Å². The van der Waals surface area contributed by atoms with E-state index in [4.69, 9.17) is 9.47 Å². The Hall–Kier alpha value is -3.39. The normalized spacial score (nSPS) is 17.8. The lowest BCUT2D eigenvalue weighted by atomic mass is 10.1. The molecule has 1 heterocycles. The van der Waals surface area contributed by atoms with Crippen LogP contribution in [0.4, 0.5) is 4.79 Å². The summed E-state index contributed by atoms with van der Waals surface area (Å²) in [6, 6.07) is 17.9. The first-order valence-electron chi connectivity index (χ1n) is 10.1. The van der Waals surface area contributed by atoms with Crippen LogP contribution < -0.4 is 10.6 Å². The molecule has 8 heteroatoms. The standard InChI is InChI=1S/C23H26N2O6/c1-29-21(26)13-19-20(31-19)14-24-22(27)18(12-16-8-4-2-5-9-16)25-23(28)30-15-17-10-6-3-7-11-17/h2-11,18-20H,12-15H2,1H3,(H,24,27)(H,25,28)/t18-,19-,20-/m0/s1. The highest BCUT2D eigenvalue weighted by Crippen LogP contribution is 2.24. The quantitative estimate of drug-likeness (QED) is 0.444. The van der Waals surface area contributed by atoms with Crippen LogP contribution in [0.15, 0.2) is 60.7 Å². The van der Waals surface area contributed by atoms with Crippen molar-refractivity contribution < 1.29 is 28.6 Å². The third-order valence-electron chi connectivity index (χ3n) is 4.86. The predicted molar refractivity (Wildman–Crippen MR) is 112 cm³/mol. The molecule has 0 bridgehead atoms. The van der Waals surface area contributed by atoms with E-state index in [1.807, 2.05) is 60.7 Å². The number of rotatable bonds is 10. The van der Waals surface area contributed by atoms with E-state index in [2.05, 4.69) is 15.4 Å². The van der Waals surface area contributed by atoms with Crippen LogP contribution in [-0.2, 0) is 36.8 Å². The maximum Gasteiger partial charge on any atom is 0.408 e. The molecule has 8 nitrogen and oxygen atoms in total. The highest BCUT2D eigenvalue weighted by molar-refractivity contribution is 5.86. The molecular formula is C23H26N2O6. The summed E-state index contributed by atoms with van der Waals surface area (Å²) in [4.78, 5) is 36.3. The third-order valence-corrected chi connectivity index (χ3v) is 4.86. The van der Waals surface area contributed by atoms with Gasteiger partial charge in [0.1, 0.15) is 18.8 Å². The van der Waals surface area contributed by atoms with Gasteiger partial charge in [-0.3, -0.25) is 9.59 Å². The van der Waals surface area contributed by atoms with Crippen LogP contribution in [0.25, 0.3) is 0 Å². The minimum Gasteiger partial charge on any atom is -0.469 e. The molecule has 1 aliphatic rings. The van der Waals surface area contributed by atoms with Crippen molar-refractivity contribution in [3.05, 3.63) is 71.8 Å². The number of ether oxygens (including phenoxy) is 3. The molecule has 0 aliphatic carbocycles. The summed E-state index contributed by atoms with van der Waals surface area (Å²) < 4.78 is 15.2. The summed E-state index contributed by atoms with van der Waals surface area (Å²) in [5, 5.41) is 5.42. The van der Waals surface area contributed by atoms with Crippen LogP contribution in [0.1, 0.15) is 17.5 Å². The van der Waals surface area contributed by atoms with Gasteiger partial charge in [-0.1, -0.05) is 60.7 Å². The summed E-state index contributed by atoms with van der Waals surface area (Å²) in [7, 11) is 1.32. The van der Waals surface area contributed by atoms with E-state index in [1.54, 1.807) is 0 Å². The van der Waals surface area contributed by atoms with E-state index in [0.29, 0.717) is 6.42 Å². The molecule has 0 unspecified atom stereocenters. The van der Waals surface area contributed by atoms with Gasteiger partial charge in [0.05, 0.1) is 19.6 Å². The number of hydrogen-bond acceptors (Lipinski definition) is 6. The fourth-order valence-corrected chi connectivity index (χ4v) is 3.08. The number of benzene rings is 2. The number of hydrogen-bond donors (Lipinski definition) is 2. The fraction of sp³-hybridized carbons (Fsp3) is 0.348. The first-order chi connectivity index (χ1) is 15.0. The molecule has 0 radical (unpaired) electrons. The van der Waals surface area contributed by atoms with E-state index < -0.39 is 12.1 Å². The molecule has 2 N–H and O–H groups in total. The van der Waals surface area contributed by atoms with Crippen molar-refractivity contribution in [2.24, 2.45) is 0 Å². The van der Waals surface area contributed by atoms with Gasteiger partial charge in [-0.05, 0) is 11.1 Å². The van der Waals surface area contributed by atoms with Crippen LogP contribution in [0.3, 0.4) is 0 Å². The number of nitrogens with one attached hydrogen (secondary N) is 2. The first kappa shape index (κ1) is 22.3. The third kappa shape index (κ3) is 7.42. The molecule has 3 rings (SSSR count). The second-order valence-electron chi connectivity index (χ2n) is 7.19. The largest absolute Gasteiger partial charge is 0.469 e. The van der Waals surface area contributed by atoms with E-state index in [9.17, 15) is 14.4 Å². The van der Waals surface area contributed by atoms with Crippen molar-refractivity contribution in [1.29, 1.82) is 0 Å². The van der Waals surface area contributed by atoms with Crippen LogP contribution in [-0.4, -0.2) is 49.9 Å². The SMILES string of the molecule is COC(=O)C[C@@H]1O[C@H]1CNC(=O)[C@H](Cc1ccccc1)NC(=O)OCc1ccccc1. The molecule has 1 fully saturated rings. The zero-order valence-electron chi connectivity index (χ0n) is 17.3. The minimum absolute atomic E-state index is 0.109. The molecule has 2 amide bonds. The smallest absolute Gasteiger partial charge is 0.408 e. The fourth-order valence-electron chi connectivity index (χ4n) is 3.08. The molecule has 31 heavy (non-hydrogen) atoms. The Balaban J connectivity index is 1.52. The highest BCUT2D eigenvalue weighted by atomic mass is 16.6. The van der Waals surface area contributed by atoms with Crippen molar-refractivity contribution in [1.82, 2.24) is 10.6 Å². The summed E-state index contributed by atoms with van der Waals surface area (Å²) >= 11 is 0. The monoisotopic (exact) mass is 426 g/mol. The summed E-state index contributed by atoms with van der Waals surface area (Å²) in [6.45, 7) is 0.351. The first-order valence-corrected chi connectivity index (χ1v) is 10.1. The molecule has 0 aromatic heterocycles. The number of alkyl carbamates (subject to hydrolysis) is 1. The maximum absolute atomic E-state index is 12.7. The molecule has 0 saturated carbocycles. The zero-order valence-corrected chi connectivity index (χ0v) is 17.3. The van der Waals surface area contributed by atoms with Crippen molar-refractivity contribution >= 4 is 18.0 Å². The maximum atomic E-state index is 12.7. The van der Waals surface area contributed by atoms with Gasteiger partial charge in [-0.25, -0.2) is 4.79 Å². The molecule has 2 aromatic carbocycles. The molecule has 0 spiro atoms. The Bertz CT molecular complexity index is 874. The van der Waals surface area contributed by atoms with Gasteiger partial charge in [0.15, 0.2) is 0 Å². The number of methoxy groups -OCH3 is 1. The Morgan fingerprint density at radius 1 is 0.968 bits per heavy atom. The second kappa shape index (κ2) is 11.1. The van der Waals surface area contributed by atoms with Gasteiger partial charge in [0, 0.05) is 13.0 Å². The summed E-state index contributed by atoms with van der Waals surface area (Å²) in [5.41, 5.74) is 1.75. The predicted octanol–water partition coefficient (Wildman–Crippen LogP) is 1.97. The van der Waals surface area contributed by atoms with Gasteiger partial charge >= 0.3 is 12.1 Å². The highest BCUT2D eigenvalue weighted by Gasteiger charge is 2.41. The summed E-state index contributed by atoms with van der Waals surface area (Å²) in [6.07, 6.45) is -0.723. The van der Waals surface area contributed by atoms with Crippen LogP contribution in [0, 0.1) is 0 Å². The second-order valence-corrected chi connectivity index (χ2v) is 7.19. The van der Waals surface area contributed by atoms with E-state index in [-0.39, 0.29) is 43.7 Å². The van der Waals surface area contributed by atoms with Gasteiger partial charge < -0.3 is 24.8 Å². The van der Waals surface area contributed by atoms with E-state index >= 15 is 0 Å². The lowest BCUT2D eigenvalue weighted by Crippen LogP contribution is -2.49. The molecule has 2 aromatic rings. The van der Waals surface area contributed by atoms with Crippen LogP contribution >= 0.6 is 0 Å². The molecule has 1 aliphatic heterocycles. The Labute approximate surface area is 180 Å². The van der Waals surface area contributed by atoms with Gasteiger partial charge in [0.2, 0.25) is 5.91 Å². The topological polar surface area (TPSA) is 106 Å². The number of epoxide rings is 1. The number of carbonyl (C=O) groups is 3. The molecular weight excluding hydrogens is 400 g/mol. The number of amides is 2. The Morgan fingerprint density at radius 2 is 1.61 bits per heavy atom. The average Bonchev–Trinajstić information content (AvgIpc) is 3.54. The average molecular weight is 426 g/mol. The molecule has 3 atom stereocenters. The summed E-state index contributed by atoms with van der Waals surface area (Å²) in [5.74, 6) is -0.712. The minimum atomic E-state index is -0.816. The number of carbonyl (C=O) groups excluding carboxylic acids is 3.